The monoisotopic (exact) mass is 283 g/mol. The van der Waals surface area contributed by atoms with Crippen molar-refractivity contribution in [3.8, 4) is 0 Å². The van der Waals surface area contributed by atoms with Crippen LogP contribution < -0.4 is 0 Å². The Balaban J connectivity index is 2.31. The number of carbonyl (C=O) groups excluding carboxylic acids is 1. The van der Waals surface area contributed by atoms with Crippen LogP contribution in [0, 0.1) is 0 Å². The number of carbonyl (C=O) groups is 1. The molecule has 0 radical (unpaired) electrons. The lowest BCUT2D eigenvalue weighted by Crippen LogP contribution is -2.30. The Morgan fingerprint density at radius 2 is 2.15 bits per heavy atom. The largest absolute Gasteiger partial charge is 0.464 e. The molecule has 2 unspecified atom stereocenters. The van der Waals surface area contributed by atoms with Crippen molar-refractivity contribution in [3.05, 3.63) is 11.4 Å². The van der Waals surface area contributed by atoms with Gasteiger partial charge in [0.25, 0.3) is 0 Å². The number of aliphatic hydroxyl groups excluding tert-OH is 1. The Labute approximate surface area is 117 Å². The highest BCUT2D eigenvalue weighted by Crippen LogP contribution is 2.29. The highest BCUT2D eigenvalue weighted by atomic mass is 16.5. The highest BCUT2D eigenvalue weighted by Gasteiger charge is 2.30. The molecular formula is C13H21N3O4. The fourth-order valence-corrected chi connectivity index (χ4v) is 2.64. The van der Waals surface area contributed by atoms with Gasteiger partial charge in [-0.25, -0.2) is 9.48 Å². The van der Waals surface area contributed by atoms with E-state index in [4.69, 9.17) is 9.47 Å². The Hall–Kier alpha value is -1.47. The fraction of sp³-hybridized carbons (Fsp3) is 0.769. The number of hydrogen-bond donors (Lipinski definition) is 1. The molecule has 1 N–H and O–H groups in total. The average molecular weight is 283 g/mol. The minimum absolute atomic E-state index is 0.124. The van der Waals surface area contributed by atoms with Crippen molar-refractivity contribution >= 4 is 5.97 Å². The number of nitrogens with zero attached hydrogens (tertiary/aromatic N) is 3. The highest BCUT2D eigenvalue weighted by molar-refractivity contribution is 5.88. The first-order chi connectivity index (χ1) is 9.69. The first-order valence-electron chi connectivity index (χ1n) is 6.88. The van der Waals surface area contributed by atoms with Gasteiger partial charge < -0.3 is 14.6 Å². The van der Waals surface area contributed by atoms with Crippen molar-refractivity contribution in [2.24, 2.45) is 0 Å². The van der Waals surface area contributed by atoms with Crippen LogP contribution in [0.1, 0.15) is 47.9 Å². The molecule has 0 bridgehead atoms. The van der Waals surface area contributed by atoms with Crippen molar-refractivity contribution in [1.29, 1.82) is 0 Å². The van der Waals surface area contributed by atoms with Crippen molar-refractivity contribution in [3.63, 3.8) is 0 Å². The maximum atomic E-state index is 11.7. The molecule has 2 atom stereocenters. The van der Waals surface area contributed by atoms with Gasteiger partial charge in [0, 0.05) is 13.5 Å². The number of ether oxygens (including phenoxy) is 2. The number of aliphatic hydroxyl groups is 1. The third-order valence-corrected chi connectivity index (χ3v) is 3.72. The Kier molecular flexibility index (Phi) is 5.08. The van der Waals surface area contributed by atoms with Crippen LogP contribution in [0.5, 0.6) is 0 Å². The zero-order chi connectivity index (χ0) is 14.5. The van der Waals surface area contributed by atoms with E-state index in [-0.39, 0.29) is 11.7 Å². The molecule has 112 valence electrons. The normalized spacial score (nSPS) is 22.8. The van der Waals surface area contributed by atoms with Gasteiger partial charge in [0.1, 0.15) is 0 Å². The molecule has 0 amide bonds. The molecule has 2 rings (SSSR count). The second-order valence-corrected chi connectivity index (χ2v) is 4.98. The van der Waals surface area contributed by atoms with E-state index in [2.05, 4.69) is 10.3 Å². The van der Waals surface area contributed by atoms with E-state index >= 15 is 0 Å². The minimum atomic E-state index is -0.507. The predicted octanol–water partition coefficient (Wildman–Crippen LogP) is 0.730. The molecule has 1 heterocycles. The van der Waals surface area contributed by atoms with E-state index in [1.54, 1.807) is 11.8 Å². The van der Waals surface area contributed by atoms with E-state index in [0.717, 1.165) is 25.7 Å². The van der Waals surface area contributed by atoms with Crippen molar-refractivity contribution in [2.45, 2.75) is 44.2 Å². The molecule has 1 aliphatic carbocycles. The van der Waals surface area contributed by atoms with Crippen LogP contribution >= 0.6 is 0 Å². The van der Waals surface area contributed by atoms with Gasteiger partial charge in [0.05, 0.1) is 31.6 Å². The van der Waals surface area contributed by atoms with Crippen LogP contribution in [-0.4, -0.2) is 53.0 Å². The van der Waals surface area contributed by atoms with Crippen LogP contribution in [0.15, 0.2) is 0 Å². The van der Waals surface area contributed by atoms with Crippen LogP contribution in [0.3, 0.4) is 0 Å². The molecule has 7 nitrogen and oxygen atoms in total. The molecule has 7 heteroatoms. The summed E-state index contributed by atoms with van der Waals surface area (Å²) in [5.41, 5.74) is 0.881. The van der Waals surface area contributed by atoms with E-state index in [9.17, 15) is 9.90 Å². The quantitative estimate of drug-likeness (QED) is 0.802. The summed E-state index contributed by atoms with van der Waals surface area (Å²) in [6.45, 7) is 0.459. The van der Waals surface area contributed by atoms with Gasteiger partial charge in [-0.1, -0.05) is 18.1 Å². The van der Waals surface area contributed by atoms with Crippen LogP contribution in [0.2, 0.25) is 0 Å². The van der Waals surface area contributed by atoms with Crippen molar-refractivity contribution < 1.29 is 19.4 Å². The molecule has 1 saturated carbocycles. The minimum Gasteiger partial charge on any atom is -0.464 e. The third-order valence-electron chi connectivity index (χ3n) is 3.72. The summed E-state index contributed by atoms with van der Waals surface area (Å²) in [7, 11) is 2.91. The van der Waals surface area contributed by atoms with Crippen LogP contribution in [0.25, 0.3) is 0 Å². The van der Waals surface area contributed by atoms with Gasteiger partial charge in [-0.2, -0.15) is 0 Å². The molecule has 20 heavy (non-hydrogen) atoms. The third kappa shape index (κ3) is 2.99. The molecule has 1 aromatic rings. The zero-order valence-corrected chi connectivity index (χ0v) is 11.9. The number of esters is 1. The van der Waals surface area contributed by atoms with E-state index in [1.807, 2.05) is 0 Å². The molecule has 1 fully saturated rings. The Morgan fingerprint density at radius 3 is 2.80 bits per heavy atom. The van der Waals surface area contributed by atoms with Crippen LogP contribution in [0.4, 0.5) is 0 Å². The average Bonchev–Trinajstić information content (AvgIpc) is 2.88. The SMILES string of the molecule is COCCc1c(C(=O)OC)nnn1C1CCCCC1O. The lowest BCUT2D eigenvalue weighted by molar-refractivity contribution is 0.0586. The summed E-state index contributed by atoms with van der Waals surface area (Å²) < 4.78 is 11.5. The lowest BCUT2D eigenvalue weighted by atomic mass is 9.92. The van der Waals surface area contributed by atoms with Gasteiger partial charge in [0.2, 0.25) is 0 Å². The van der Waals surface area contributed by atoms with Gasteiger partial charge >= 0.3 is 5.97 Å². The van der Waals surface area contributed by atoms with E-state index in [0.29, 0.717) is 18.7 Å². The zero-order valence-electron chi connectivity index (χ0n) is 11.9. The van der Waals surface area contributed by atoms with Crippen molar-refractivity contribution in [2.75, 3.05) is 20.8 Å². The summed E-state index contributed by atoms with van der Waals surface area (Å²) in [5.74, 6) is -0.507. The molecule has 0 aliphatic heterocycles. The standard InChI is InChI=1S/C13H21N3O4/c1-19-8-7-10-12(13(18)20-2)14-15-16(10)9-5-3-4-6-11(9)17/h9,11,17H,3-8H2,1-2H3. The number of aromatic nitrogens is 3. The molecule has 0 saturated heterocycles. The molecule has 0 aromatic carbocycles. The summed E-state index contributed by atoms with van der Waals surface area (Å²) >= 11 is 0. The second kappa shape index (κ2) is 6.81. The maximum absolute atomic E-state index is 11.7. The summed E-state index contributed by atoms with van der Waals surface area (Å²) in [5, 5.41) is 18.1. The molecular weight excluding hydrogens is 262 g/mol. The summed E-state index contributed by atoms with van der Waals surface area (Å²) in [6, 6.07) is -0.124. The van der Waals surface area contributed by atoms with E-state index < -0.39 is 12.1 Å². The molecule has 0 spiro atoms. The lowest BCUT2D eigenvalue weighted by Gasteiger charge is -2.28. The first-order valence-corrected chi connectivity index (χ1v) is 6.88. The molecule has 1 aliphatic rings. The van der Waals surface area contributed by atoms with Gasteiger partial charge in [-0.15, -0.1) is 5.10 Å². The predicted molar refractivity (Wildman–Crippen MR) is 70.5 cm³/mol. The summed E-state index contributed by atoms with van der Waals surface area (Å²) in [6.07, 6.45) is 3.71. The smallest absolute Gasteiger partial charge is 0.360 e. The number of rotatable bonds is 5. The summed E-state index contributed by atoms with van der Waals surface area (Å²) in [4.78, 5) is 11.7. The van der Waals surface area contributed by atoms with Crippen molar-refractivity contribution in [1.82, 2.24) is 15.0 Å². The van der Waals surface area contributed by atoms with E-state index in [1.165, 1.54) is 7.11 Å². The fourth-order valence-electron chi connectivity index (χ4n) is 2.64. The first kappa shape index (κ1) is 14.9. The second-order valence-electron chi connectivity index (χ2n) is 4.98. The van der Waals surface area contributed by atoms with Crippen LogP contribution in [-0.2, 0) is 15.9 Å². The molecule has 1 aromatic heterocycles. The number of hydrogen-bond acceptors (Lipinski definition) is 6. The topological polar surface area (TPSA) is 86.5 Å². The number of methoxy groups -OCH3 is 2. The van der Waals surface area contributed by atoms with Gasteiger partial charge in [-0.05, 0) is 12.8 Å². The van der Waals surface area contributed by atoms with Gasteiger partial charge in [0.15, 0.2) is 5.69 Å². The van der Waals surface area contributed by atoms with Gasteiger partial charge in [-0.3, -0.25) is 0 Å². The Bertz CT molecular complexity index is 460. The Morgan fingerprint density at radius 1 is 1.40 bits per heavy atom. The maximum Gasteiger partial charge on any atom is 0.360 e.